The number of carbonyl (C=O) groups is 2. The molecule has 0 radical (unpaired) electrons. The van der Waals surface area contributed by atoms with Crippen LogP contribution in [0.15, 0.2) is 48.5 Å². The molecule has 7 heteroatoms. The first-order valence-electron chi connectivity index (χ1n) is 7.64. The number of halogens is 1. The molecule has 0 saturated carbocycles. The van der Waals surface area contributed by atoms with Crippen molar-refractivity contribution in [1.29, 1.82) is 0 Å². The monoisotopic (exact) mass is 359 g/mol. The molecule has 2 aromatic rings. The van der Waals surface area contributed by atoms with Crippen LogP contribution in [0.5, 0.6) is 0 Å². The number of nitrogens with one attached hydrogen (secondary N) is 3. The Morgan fingerprint density at radius 2 is 1.64 bits per heavy atom. The first kappa shape index (κ1) is 18.5. The Morgan fingerprint density at radius 3 is 2.28 bits per heavy atom. The number of benzene rings is 2. The maximum atomic E-state index is 13.2. The van der Waals surface area contributed by atoms with Gasteiger partial charge in [0, 0.05) is 22.9 Å². The van der Waals surface area contributed by atoms with Gasteiger partial charge in [0.15, 0.2) is 5.11 Å². The van der Waals surface area contributed by atoms with E-state index in [1.807, 2.05) is 0 Å². The van der Waals surface area contributed by atoms with Gasteiger partial charge in [0.05, 0.1) is 0 Å². The fourth-order valence-corrected chi connectivity index (χ4v) is 2.14. The molecule has 0 unspecified atom stereocenters. The standard InChI is InChI=1S/C18H18FN3O2S/c1-11(2)16(23)20-14-7-4-8-15(10-14)21-18(25)22-17(24)12-5-3-6-13(19)9-12/h3-11H,1-2H3,(H,20,23)(H2,21,22,24,25). The summed E-state index contributed by atoms with van der Waals surface area (Å²) in [5.74, 6) is -1.25. The predicted octanol–water partition coefficient (Wildman–Crippen LogP) is 3.55. The molecule has 0 fully saturated rings. The van der Waals surface area contributed by atoms with E-state index in [4.69, 9.17) is 12.2 Å². The van der Waals surface area contributed by atoms with Crippen molar-refractivity contribution in [3.05, 3.63) is 59.9 Å². The van der Waals surface area contributed by atoms with Gasteiger partial charge >= 0.3 is 0 Å². The minimum absolute atomic E-state index is 0.0709. The molecule has 0 aliphatic rings. The van der Waals surface area contributed by atoms with Gasteiger partial charge < -0.3 is 10.6 Å². The summed E-state index contributed by atoms with van der Waals surface area (Å²) in [5, 5.41) is 8.18. The highest BCUT2D eigenvalue weighted by Crippen LogP contribution is 2.16. The lowest BCUT2D eigenvalue weighted by Crippen LogP contribution is -2.34. The molecule has 0 saturated heterocycles. The van der Waals surface area contributed by atoms with Gasteiger partial charge in [-0.2, -0.15) is 0 Å². The third kappa shape index (κ3) is 5.65. The van der Waals surface area contributed by atoms with Crippen LogP contribution in [-0.4, -0.2) is 16.9 Å². The number of anilines is 2. The quantitative estimate of drug-likeness (QED) is 0.730. The largest absolute Gasteiger partial charge is 0.332 e. The van der Waals surface area contributed by atoms with E-state index in [0.717, 1.165) is 6.07 Å². The zero-order chi connectivity index (χ0) is 18.4. The molecule has 2 rings (SSSR count). The van der Waals surface area contributed by atoms with Crippen molar-refractivity contribution in [2.24, 2.45) is 5.92 Å². The molecular formula is C18H18FN3O2S. The second-order valence-corrected chi connectivity index (χ2v) is 6.05. The molecule has 2 amide bonds. The van der Waals surface area contributed by atoms with Gasteiger partial charge in [0.2, 0.25) is 5.91 Å². The number of amides is 2. The SMILES string of the molecule is CC(C)C(=O)Nc1cccc(NC(=S)NC(=O)c2cccc(F)c2)c1. The van der Waals surface area contributed by atoms with Gasteiger partial charge in [0.1, 0.15) is 5.82 Å². The van der Waals surface area contributed by atoms with Gasteiger partial charge in [-0.25, -0.2) is 4.39 Å². The zero-order valence-corrected chi connectivity index (χ0v) is 14.6. The first-order chi connectivity index (χ1) is 11.8. The van der Waals surface area contributed by atoms with Crippen molar-refractivity contribution in [3.8, 4) is 0 Å². The lowest BCUT2D eigenvalue weighted by Gasteiger charge is -2.12. The number of hydrogen-bond donors (Lipinski definition) is 3. The Kier molecular flexibility index (Phi) is 6.19. The van der Waals surface area contributed by atoms with E-state index >= 15 is 0 Å². The highest BCUT2D eigenvalue weighted by atomic mass is 32.1. The molecule has 0 bridgehead atoms. The van der Waals surface area contributed by atoms with Crippen LogP contribution in [0.4, 0.5) is 15.8 Å². The van der Waals surface area contributed by atoms with E-state index in [9.17, 15) is 14.0 Å². The molecule has 3 N–H and O–H groups in total. The van der Waals surface area contributed by atoms with Crippen molar-refractivity contribution in [2.75, 3.05) is 10.6 Å². The zero-order valence-electron chi connectivity index (χ0n) is 13.8. The van der Waals surface area contributed by atoms with Gasteiger partial charge in [-0.05, 0) is 48.6 Å². The van der Waals surface area contributed by atoms with E-state index in [2.05, 4.69) is 16.0 Å². The molecular weight excluding hydrogens is 341 g/mol. The number of carbonyl (C=O) groups excluding carboxylic acids is 2. The molecule has 0 atom stereocenters. The van der Waals surface area contributed by atoms with Crippen LogP contribution in [0.1, 0.15) is 24.2 Å². The Bertz CT molecular complexity index is 808. The lowest BCUT2D eigenvalue weighted by molar-refractivity contribution is -0.118. The summed E-state index contributed by atoms with van der Waals surface area (Å²) < 4.78 is 13.2. The minimum atomic E-state index is -0.513. The summed E-state index contributed by atoms with van der Waals surface area (Å²) in [5.41, 5.74) is 1.39. The van der Waals surface area contributed by atoms with E-state index in [0.29, 0.717) is 11.4 Å². The molecule has 2 aromatic carbocycles. The average molecular weight is 359 g/mol. The van der Waals surface area contributed by atoms with Crippen molar-refractivity contribution < 1.29 is 14.0 Å². The fourth-order valence-electron chi connectivity index (χ4n) is 1.93. The number of thiocarbonyl (C=S) groups is 1. The van der Waals surface area contributed by atoms with Crippen LogP contribution in [0.3, 0.4) is 0 Å². The summed E-state index contributed by atoms with van der Waals surface area (Å²) in [6, 6.07) is 12.2. The van der Waals surface area contributed by atoms with Crippen molar-refractivity contribution in [3.63, 3.8) is 0 Å². The van der Waals surface area contributed by atoms with E-state index < -0.39 is 11.7 Å². The Labute approximate surface area is 150 Å². The highest BCUT2D eigenvalue weighted by molar-refractivity contribution is 7.80. The predicted molar refractivity (Wildman–Crippen MR) is 100.0 cm³/mol. The summed E-state index contributed by atoms with van der Waals surface area (Å²) in [7, 11) is 0. The third-order valence-electron chi connectivity index (χ3n) is 3.23. The summed E-state index contributed by atoms with van der Waals surface area (Å²) >= 11 is 5.09. The second-order valence-electron chi connectivity index (χ2n) is 5.64. The minimum Gasteiger partial charge on any atom is -0.332 e. The summed E-state index contributed by atoms with van der Waals surface area (Å²) in [4.78, 5) is 23.8. The van der Waals surface area contributed by atoms with Crippen LogP contribution in [-0.2, 0) is 4.79 Å². The van der Waals surface area contributed by atoms with Crippen LogP contribution in [0.25, 0.3) is 0 Å². The summed E-state index contributed by atoms with van der Waals surface area (Å²) in [6.45, 7) is 3.60. The van der Waals surface area contributed by atoms with E-state index in [-0.39, 0.29) is 22.5 Å². The van der Waals surface area contributed by atoms with Crippen LogP contribution >= 0.6 is 12.2 Å². The fraction of sp³-hybridized carbons (Fsp3) is 0.167. The maximum absolute atomic E-state index is 13.2. The van der Waals surface area contributed by atoms with Crippen molar-refractivity contribution in [2.45, 2.75) is 13.8 Å². The van der Waals surface area contributed by atoms with Gasteiger partial charge in [-0.3, -0.25) is 14.9 Å². The van der Waals surface area contributed by atoms with E-state index in [1.54, 1.807) is 38.1 Å². The number of hydrogen-bond acceptors (Lipinski definition) is 3. The Hall–Kier alpha value is -2.80. The Balaban J connectivity index is 1.98. The van der Waals surface area contributed by atoms with Crippen LogP contribution in [0, 0.1) is 11.7 Å². The summed E-state index contributed by atoms with van der Waals surface area (Å²) in [6.07, 6.45) is 0. The third-order valence-corrected chi connectivity index (χ3v) is 3.43. The maximum Gasteiger partial charge on any atom is 0.257 e. The average Bonchev–Trinajstić information content (AvgIpc) is 2.54. The molecule has 0 aromatic heterocycles. The van der Waals surface area contributed by atoms with E-state index in [1.165, 1.54) is 18.2 Å². The van der Waals surface area contributed by atoms with Gasteiger partial charge in [-0.1, -0.05) is 26.0 Å². The molecule has 0 spiro atoms. The van der Waals surface area contributed by atoms with Crippen LogP contribution in [0.2, 0.25) is 0 Å². The molecule has 5 nitrogen and oxygen atoms in total. The molecule has 130 valence electrons. The molecule has 0 aliphatic carbocycles. The normalized spacial score (nSPS) is 10.2. The topological polar surface area (TPSA) is 70.2 Å². The van der Waals surface area contributed by atoms with Crippen LogP contribution < -0.4 is 16.0 Å². The molecule has 0 heterocycles. The first-order valence-corrected chi connectivity index (χ1v) is 8.05. The highest BCUT2D eigenvalue weighted by Gasteiger charge is 2.10. The van der Waals surface area contributed by atoms with Crippen molar-refractivity contribution >= 4 is 40.5 Å². The van der Waals surface area contributed by atoms with Gasteiger partial charge in [-0.15, -0.1) is 0 Å². The second kappa shape index (κ2) is 8.34. The molecule has 25 heavy (non-hydrogen) atoms. The van der Waals surface area contributed by atoms with Gasteiger partial charge in [0.25, 0.3) is 5.91 Å². The smallest absolute Gasteiger partial charge is 0.257 e. The Morgan fingerprint density at radius 1 is 1.00 bits per heavy atom. The lowest BCUT2D eigenvalue weighted by atomic mass is 10.2. The molecule has 0 aliphatic heterocycles. The number of rotatable bonds is 4. The van der Waals surface area contributed by atoms with Crippen molar-refractivity contribution in [1.82, 2.24) is 5.32 Å².